The summed E-state index contributed by atoms with van der Waals surface area (Å²) < 4.78 is 5.96. The lowest BCUT2D eigenvalue weighted by Crippen LogP contribution is -2.45. The Balaban J connectivity index is 1.83. The molecule has 132 valence electrons. The van der Waals surface area contributed by atoms with Gasteiger partial charge in [0.15, 0.2) is 5.60 Å². The van der Waals surface area contributed by atoms with Crippen LogP contribution < -0.4 is 4.90 Å². The molecule has 0 radical (unpaired) electrons. The first-order valence-electron chi connectivity index (χ1n) is 8.67. The number of anilines is 1. The van der Waals surface area contributed by atoms with E-state index in [1.54, 1.807) is 30.3 Å². The number of amides is 2. The van der Waals surface area contributed by atoms with Crippen molar-refractivity contribution in [1.82, 2.24) is 0 Å². The van der Waals surface area contributed by atoms with Crippen LogP contribution in [0.15, 0.2) is 60.2 Å². The van der Waals surface area contributed by atoms with Crippen LogP contribution in [0, 0.1) is 0 Å². The molecule has 2 fully saturated rings. The average Bonchev–Trinajstić information content (AvgIpc) is 2.86. The van der Waals surface area contributed by atoms with Gasteiger partial charge in [-0.15, -0.1) is 0 Å². The first-order valence-corrected chi connectivity index (χ1v) is 9.05. The van der Waals surface area contributed by atoms with E-state index in [0.717, 1.165) is 18.4 Å². The Kier molecular flexibility index (Phi) is 4.39. The van der Waals surface area contributed by atoms with Crippen molar-refractivity contribution in [3.05, 3.63) is 70.8 Å². The molecule has 0 aromatic heterocycles. The number of carbonyl (C=O) groups excluding carboxylic acids is 2. The summed E-state index contributed by atoms with van der Waals surface area (Å²) in [6.45, 7) is 0.472. The molecular formula is C21H18ClNO3. The third-order valence-electron chi connectivity index (χ3n) is 4.88. The third-order valence-corrected chi connectivity index (χ3v) is 5.14. The fourth-order valence-corrected chi connectivity index (χ4v) is 3.70. The van der Waals surface area contributed by atoms with Gasteiger partial charge in [-0.05, 0) is 55.2 Å². The van der Waals surface area contributed by atoms with Crippen molar-refractivity contribution >= 4 is 35.2 Å². The van der Waals surface area contributed by atoms with Gasteiger partial charge < -0.3 is 4.74 Å². The zero-order chi connectivity index (χ0) is 18.1. The molecule has 2 aliphatic rings. The Morgan fingerprint density at radius 3 is 2.38 bits per heavy atom. The summed E-state index contributed by atoms with van der Waals surface area (Å²) in [4.78, 5) is 27.7. The number of ether oxygens (including phenoxy) is 1. The molecule has 5 heteroatoms. The molecule has 4 nitrogen and oxygen atoms in total. The van der Waals surface area contributed by atoms with Gasteiger partial charge in [-0.3, -0.25) is 9.59 Å². The van der Waals surface area contributed by atoms with Gasteiger partial charge in [0.25, 0.3) is 11.8 Å². The maximum absolute atomic E-state index is 13.3. The Morgan fingerprint density at radius 2 is 1.73 bits per heavy atom. The number of hydrogen-bond acceptors (Lipinski definition) is 3. The predicted octanol–water partition coefficient (Wildman–Crippen LogP) is 4.24. The predicted molar refractivity (Wildman–Crippen MR) is 101 cm³/mol. The molecule has 0 aliphatic carbocycles. The van der Waals surface area contributed by atoms with Gasteiger partial charge in [-0.25, -0.2) is 4.90 Å². The van der Waals surface area contributed by atoms with Gasteiger partial charge in [-0.1, -0.05) is 41.9 Å². The van der Waals surface area contributed by atoms with Crippen molar-refractivity contribution < 1.29 is 14.3 Å². The Morgan fingerprint density at radius 1 is 1.00 bits per heavy atom. The van der Waals surface area contributed by atoms with Crippen molar-refractivity contribution in [3.8, 4) is 0 Å². The molecule has 2 saturated heterocycles. The summed E-state index contributed by atoms with van der Waals surface area (Å²) in [6, 6.07) is 16.2. The van der Waals surface area contributed by atoms with Crippen LogP contribution in [0.4, 0.5) is 5.69 Å². The zero-order valence-electron chi connectivity index (χ0n) is 14.2. The van der Waals surface area contributed by atoms with Crippen LogP contribution in [-0.2, 0) is 14.3 Å². The standard InChI is InChI=1S/C21H18ClNO3/c22-16-8-10-17(11-9-16)23-19(24)18(14-15-6-2-1-3-7-15)21(20(23)25)12-4-5-13-26-21/h1-3,6-11,14H,4-5,12-13H2/b18-14-. The number of benzene rings is 2. The molecule has 2 aromatic rings. The zero-order valence-corrected chi connectivity index (χ0v) is 14.9. The molecule has 1 unspecified atom stereocenters. The molecule has 1 spiro atoms. The molecule has 0 saturated carbocycles. The molecule has 2 aliphatic heterocycles. The lowest BCUT2D eigenvalue weighted by atomic mass is 9.87. The number of rotatable bonds is 2. The van der Waals surface area contributed by atoms with Crippen LogP contribution >= 0.6 is 11.6 Å². The van der Waals surface area contributed by atoms with Gasteiger partial charge in [0.1, 0.15) is 0 Å². The van der Waals surface area contributed by atoms with Crippen LogP contribution in [0.1, 0.15) is 24.8 Å². The van der Waals surface area contributed by atoms with E-state index < -0.39 is 5.60 Å². The van der Waals surface area contributed by atoms with Crippen molar-refractivity contribution in [2.24, 2.45) is 0 Å². The summed E-state index contributed by atoms with van der Waals surface area (Å²) in [7, 11) is 0. The minimum absolute atomic E-state index is 0.313. The SMILES string of the molecule is O=C1/C(=C/c2ccccc2)C2(CCCCO2)C(=O)N1c1ccc(Cl)cc1. The van der Waals surface area contributed by atoms with Gasteiger partial charge in [0.2, 0.25) is 0 Å². The molecular weight excluding hydrogens is 350 g/mol. The van der Waals surface area contributed by atoms with E-state index in [4.69, 9.17) is 16.3 Å². The molecule has 2 heterocycles. The van der Waals surface area contributed by atoms with Gasteiger partial charge in [0.05, 0.1) is 11.3 Å². The minimum Gasteiger partial charge on any atom is -0.360 e. The van der Waals surface area contributed by atoms with E-state index in [1.807, 2.05) is 30.3 Å². The van der Waals surface area contributed by atoms with Crippen LogP contribution in [-0.4, -0.2) is 24.0 Å². The van der Waals surface area contributed by atoms with Crippen LogP contribution in [0.25, 0.3) is 6.08 Å². The van der Waals surface area contributed by atoms with E-state index in [1.165, 1.54) is 4.90 Å². The summed E-state index contributed by atoms with van der Waals surface area (Å²) in [6.07, 6.45) is 4.03. The first-order chi connectivity index (χ1) is 12.6. The average molecular weight is 368 g/mol. The van der Waals surface area contributed by atoms with Crippen molar-refractivity contribution in [2.45, 2.75) is 24.9 Å². The summed E-state index contributed by atoms with van der Waals surface area (Å²) in [5.74, 6) is -0.644. The van der Waals surface area contributed by atoms with Gasteiger partial charge >= 0.3 is 0 Å². The first kappa shape index (κ1) is 17.0. The second-order valence-corrected chi connectivity index (χ2v) is 6.96. The molecule has 1 atom stereocenters. The highest BCUT2D eigenvalue weighted by Crippen LogP contribution is 2.42. The van der Waals surface area contributed by atoms with Crippen LogP contribution in [0.3, 0.4) is 0 Å². The smallest absolute Gasteiger partial charge is 0.271 e. The van der Waals surface area contributed by atoms with Gasteiger partial charge in [0, 0.05) is 11.6 Å². The second-order valence-electron chi connectivity index (χ2n) is 6.52. The lowest BCUT2D eigenvalue weighted by Gasteiger charge is -2.32. The number of halogens is 1. The highest BCUT2D eigenvalue weighted by Gasteiger charge is 2.57. The normalized spacial score (nSPS) is 24.7. The molecule has 2 amide bonds. The third kappa shape index (κ3) is 2.75. The lowest BCUT2D eigenvalue weighted by molar-refractivity contribution is -0.140. The van der Waals surface area contributed by atoms with E-state index in [-0.39, 0.29) is 11.8 Å². The van der Waals surface area contributed by atoms with E-state index in [0.29, 0.717) is 29.3 Å². The molecule has 0 N–H and O–H groups in total. The monoisotopic (exact) mass is 367 g/mol. The molecule has 26 heavy (non-hydrogen) atoms. The molecule has 2 aromatic carbocycles. The largest absolute Gasteiger partial charge is 0.360 e. The highest BCUT2D eigenvalue weighted by atomic mass is 35.5. The second kappa shape index (κ2) is 6.71. The number of nitrogens with zero attached hydrogens (tertiary/aromatic N) is 1. The summed E-state index contributed by atoms with van der Waals surface area (Å²) in [5.41, 5.74) is 0.595. The van der Waals surface area contributed by atoms with Crippen LogP contribution in [0.2, 0.25) is 5.02 Å². The molecule has 4 rings (SSSR count). The van der Waals surface area contributed by atoms with Crippen molar-refractivity contribution in [3.63, 3.8) is 0 Å². The number of hydrogen-bond donors (Lipinski definition) is 0. The summed E-state index contributed by atoms with van der Waals surface area (Å²) >= 11 is 5.94. The maximum atomic E-state index is 13.3. The fourth-order valence-electron chi connectivity index (χ4n) is 3.58. The van der Waals surface area contributed by atoms with Gasteiger partial charge in [-0.2, -0.15) is 0 Å². The van der Waals surface area contributed by atoms with Crippen molar-refractivity contribution in [2.75, 3.05) is 11.5 Å². The number of imide groups is 1. The van der Waals surface area contributed by atoms with Crippen LogP contribution in [0.5, 0.6) is 0 Å². The number of carbonyl (C=O) groups is 2. The maximum Gasteiger partial charge on any atom is 0.271 e. The minimum atomic E-state index is -1.19. The fraction of sp³-hybridized carbons (Fsp3) is 0.238. The topological polar surface area (TPSA) is 46.6 Å². The quantitative estimate of drug-likeness (QED) is 0.589. The van der Waals surface area contributed by atoms with Crippen molar-refractivity contribution in [1.29, 1.82) is 0 Å². The molecule has 0 bridgehead atoms. The highest BCUT2D eigenvalue weighted by molar-refractivity contribution is 6.34. The van der Waals surface area contributed by atoms with E-state index in [2.05, 4.69) is 0 Å². The Hall–Kier alpha value is -2.43. The Bertz CT molecular complexity index is 868. The van der Waals surface area contributed by atoms with E-state index >= 15 is 0 Å². The van der Waals surface area contributed by atoms with E-state index in [9.17, 15) is 9.59 Å². The Labute approximate surface area is 157 Å². The summed E-state index contributed by atoms with van der Waals surface area (Å²) in [5, 5.41) is 0.552.